The van der Waals surface area contributed by atoms with E-state index in [0.29, 0.717) is 30.2 Å². The SMILES string of the molecule is COc1ccc(CCN(CC(N)=O)c2cc(COc3ccc(NC(=O)Nn4cc(C(C)(C)C)c(-c5ccc(C)cc5)n4)c4ccccc34)ccn2)cc1. The van der Waals surface area contributed by atoms with Crippen LogP contribution in [0.25, 0.3) is 22.0 Å². The van der Waals surface area contributed by atoms with Crippen LogP contribution in [0.2, 0.25) is 0 Å². The molecule has 0 bridgehead atoms. The highest BCUT2D eigenvalue weighted by atomic mass is 16.5. The molecule has 4 aromatic carbocycles. The van der Waals surface area contributed by atoms with E-state index in [1.54, 1.807) is 13.3 Å². The van der Waals surface area contributed by atoms with Crippen LogP contribution in [-0.2, 0) is 23.2 Å². The largest absolute Gasteiger partial charge is 0.497 e. The Morgan fingerprint density at radius 1 is 0.906 bits per heavy atom. The topological polar surface area (TPSA) is 137 Å². The third-order valence-corrected chi connectivity index (χ3v) is 8.90. The Balaban J connectivity index is 1.15. The Labute approximate surface area is 309 Å². The van der Waals surface area contributed by atoms with Gasteiger partial charge < -0.3 is 25.4 Å². The van der Waals surface area contributed by atoms with E-state index in [0.717, 1.165) is 44.5 Å². The lowest BCUT2D eigenvalue weighted by molar-refractivity contribution is -0.116. The van der Waals surface area contributed by atoms with Crippen molar-refractivity contribution < 1.29 is 19.1 Å². The van der Waals surface area contributed by atoms with E-state index in [4.69, 9.17) is 20.3 Å². The molecule has 0 atom stereocenters. The second-order valence-electron chi connectivity index (χ2n) is 14.0. The minimum absolute atomic E-state index is 0.0339. The maximum Gasteiger partial charge on any atom is 0.339 e. The number of amides is 3. The van der Waals surface area contributed by atoms with Crippen molar-refractivity contribution >= 4 is 34.2 Å². The summed E-state index contributed by atoms with van der Waals surface area (Å²) in [5.74, 6) is 1.63. The van der Waals surface area contributed by atoms with Gasteiger partial charge in [-0.25, -0.2) is 15.2 Å². The first kappa shape index (κ1) is 36.4. The molecule has 6 aromatic rings. The lowest BCUT2D eigenvalue weighted by atomic mass is 9.86. The normalized spacial score (nSPS) is 11.3. The summed E-state index contributed by atoms with van der Waals surface area (Å²) in [6.45, 7) is 9.26. The molecule has 0 spiro atoms. The van der Waals surface area contributed by atoms with E-state index in [9.17, 15) is 9.59 Å². The molecule has 2 aromatic heterocycles. The molecule has 0 aliphatic rings. The predicted molar refractivity (Wildman–Crippen MR) is 210 cm³/mol. The average molecular weight is 712 g/mol. The summed E-state index contributed by atoms with van der Waals surface area (Å²) >= 11 is 0. The summed E-state index contributed by atoms with van der Waals surface area (Å²) in [5.41, 5.74) is 14.9. The summed E-state index contributed by atoms with van der Waals surface area (Å²) in [4.78, 5) is 33.2. The number of nitrogens with two attached hydrogens (primary N) is 1. The maximum atomic E-state index is 13.3. The number of carbonyl (C=O) groups is 2. The molecule has 0 aliphatic heterocycles. The van der Waals surface area contributed by atoms with Crippen LogP contribution >= 0.6 is 0 Å². The molecule has 53 heavy (non-hydrogen) atoms. The third kappa shape index (κ3) is 9.12. The fourth-order valence-corrected chi connectivity index (χ4v) is 6.07. The lowest BCUT2D eigenvalue weighted by Gasteiger charge is -2.23. The number of pyridine rings is 1. The Hall–Kier alpha value is -6.36. The summed E-state index contributed by atoms with van der Waals surface area (Å²) in [6, 6.07) is 30.8. The van der Waals surface area contributed by atoms with E-state index >= 15 is 0 Å². The number of carbonyl (C=O) groups excluding carboxylic acids is 2. The Kier molecular flexibility index (Phi) is 10.9. The van der Waals surface area contributed by atoms with Gasteiger partial charge in [0.2, 0.25) is 5.91 Å². The zero-order valence-corrected chi connectivity index (χ0v) is 30.7. The number of aromatic nitrogens is 3. The molecule has 6 rings (SSSR count). The number of urea groups is 1. The molecular weight excluding hydrogens is 667 g/mol. The van der Waals surface area contributed by atoms with Crippen molar-refractivity contribution in [1.82, 2.24) is 14.9 Å². The van der Waals surface area contributed by atoms with Crippen molar-refractivity contribution in [2.45, 2.75) is 46.1 Å². The number of methoxy groups -OCH3 is 1. The number of primary amides is 1. The van der Waals surface area contributed by atoms with Crippen LogP contribution in [0, 0.1) is 6.92 Å². The fourth-order valence-electron chi connectivity index (χ4n) is 6.07. The van der Waals surface area contributed by atoms with Crippen LogP contribution in [0.1, 0.15) is 43.0 Å². The highest BCUT2D eigenvalue weighted by molar-refractivity contribution is 6.05. The van der Waals surface area contributed by atoms with Gasteiger partial charge in [0.15, 0.2) is 0 Å². The highest BCUT2D eigenvalue weighted by Gasteiger charge is 2.23. The number of nitrogens with one attached hydrogen (secondary N) is 2. The van der Waals surface area contributed by atoms with Gasteiger partial charge in [0, 0.05) is 34.6 Å². The number of nitrogens with zero attached hydrogens (tertiary/aromatic N) is 4. The van der Waals surface area contributed by atoms with Crippen LogP contribution in [0.4, 0.5) is 16.3 Å². The summed E-state index contributed by atoms with van der Waals surface area (Å²) in [5, 5.41) is 9.38. The van der Waals surface area contributed by atoms with Crippen molar-refractivity contribution in [2.24, 2.45) is 5.73 Å². The van der Waals surface area contributed by atoms with Crippen molar-refractivity contribution in [3.63, 3.8) is 0 Å². The van der Waals surface area contributed by atoms with Crippen LogP contribution in [0.3, 0.4) is 0 Å². The summed E-state index contributed by atoms with van der Waals surface area (Å²) < 4.78 is 11.6. The van der Waals surface area contributed by atoms with E-state index < -0.39 is 11.9 Å². The van der Waals surface area contributed by atoms with Crippen molar-refractivity contribution in [3.05, 3.63) is 132 Å². The number of fused-ring (bicyclic) bond motifs is 1. The fraction of sp³-hybridized carbons (Fsp3) is 0.238. The van der Waals surface area contributed by atoms with Gasteiger partial charge >= 0.3 is 6.03 Å². The second-order valence-corrected chi connectivity index (χ2v) is 14.0. The molecule has 0 aliphatic carbocycles. The first-order chi connectivity index (χ1) is 25.5. The standard InChI is InChI=1S/C42H45N7O4/c1-28-10-14-31(15-11-28)40-35(42(2,3)4)25-49(46-40)47-41(51)45-36-18-19-37(34-9-7-6-8-33(34)36)53-27-30-20-22-44-39(24-30)48(26-38(43)50)23-21-29-12-16-32(52-5)17-13-29/h6-20,22,24-25H,21,23,26-27H2,1-5H3,(H2,43,50)(H2,45,47,51). The van der Waals surface area contributed by atoms with Gasteiger partial charge in [0.1, 0.15) is 23.9 Å². The van der Waals surface area contributed by atoms with Crippen LogP contribution in [0.15, 0.2) is 109 Å². The number of rotatable bonds is 13. The molecule has 0 unspecified atom stereocenters. The Bertz CT molecular complexity index is 2210. The van der Waals surface area contributed by atoms with E-state index in [1.165, 1.54) is 10.4 Å². The molecule has 272 valence electrons. The molecule has 0 fully saturated rings. The number of anilines is 2. The van der Waals surface area contributed by atoms with Crippen LogP contribution in [0.5, 0.6) is 11.5 Å². The first-order valence-electron chi connectivity index (χ1n) is 17.5. The lowest BCUT2D eigenvalue weighted by Crippen LogP contribution is -2.35. The molecule has 4 N–H and O–H groups in total. The number of benzene rings is 4. The summed E-state index contributed by atoms with van der Waals surface area (Å²) in [7, 11) is 1.63. The van der Waals surface area contributed by atoms with Gasteiger partial charge in [0.05, 0.1) is 31.2 Å². The molecular formula is C42H45N7O4. The quantitative estimate of drug-likeness (QED) is 0.112. The smallest absolute Gasteiger partial charge is 0.339 e. The molecule has 0 radical (unpaired) electrons. The maximum absolute atomic E-state index is 13.3. The Morgan fingerprint density at radius 3 is 2.34 bits per heavy atom. The molecule has 11 nitrogen and oxygen atoms in total. The van der Waals surface area contributed by atoms with Gasteiger partial charge in [-0.3, -0.25) is 4.79 Å². The molecule has 0 saturated heterocycles. The van der Waals surface area contributed by atoms with Crippen molar-refractivity contribution in [1.29, 1.82) is 0 Å². The monoisotopic (exact) mass is 711 g/mol. The molecule has 0 saturated carbocycles. The number of hydrogen-bond acceptors (Lipinski definition) is 7. The second kappa shape index (κ2) is 15.9. The van der Waals surface area contributed by atoms with Gasteiger partial charge in [-0.15, -0.1) is 0 Å². The van der Waals surface area contributed by atoms with E-state index in [2.05, 4.69) is 48.6 Å². The first-order valence-corrected chi connectivity index (χ1v) is 17.5. The average Bonchev–Trinajstić information content (AvgIpc) is 3.58. The molecule has 3 amide bonds. The van der Waals surface area contributed by atoms with E-state index in [1.807, 2.05) is 103 Å². The van der Waals surface area contributed by atoms with Gasteiger partial charge in [-0.2, -0.15) is 9.89 Å². The number of aryl methyl sites for hydroxylation is 1. The van der Waals surface area contributed by atoms with Crippen LogP contribution < -0.4 is 30.8 Å². The van der Waals surface area contributed by atoms with Gasteiger partial charge in [0.25, 0.3) is 0 Å². The molecule has 2 heterocycles. The molecule has 11 heteroatoms. The van der Waals surface area contributed by atoms with Crippen molar-refractivity contribution in [2.75, 3.05) is 35.8 Å². The summed E-state index contributed by atoms with van der Waals surface area (Å²) in [6.07, 6.45) is 4.26. The van der Waals surface area contributed by atoms with Gasteiger partial charge in [-0.05, 0) is 66.3 Å². The number of ether oxygens (including phenoxy) is 2. The predicted octanol–water partition coefficient (Wildman–Crippen LogP) is 7.60. The minimum atomic E-state index is -0.441. The highest BCUT2D eigenvalue weighted by Crippen LogP contribution is 2.34. The zero-order chi connectivity index (χ0) is 37.5. The van der Waals surface area contributed by atoms with Crippen LogP contribution in [-0.4, -0.2) is 47.0 Å². The number of hydrogen-bond donors (Lipinski definition) is 3. The third-order valence-electron chi connectivity index (χ3n) is 8.90. The Morgan fingerprint density at radius 2 is 1.64 bits per heavy atom. The van der Waals surface area contributed by atoms with Crippen molar-refractivity contribution in [3.8, 4) is 22.8 Å². The van der Waals surface area contributed by atoms with E-state index in [-0.39, 0.29) is 18.6 Å². The van der Waals surface area contributed by atoms with Gasteiger partial charge in [-0.1, -0.05) is 87.0 Å². The minimum Gasteiger partial charge on any atom is -0.497 e. The zero-order valence-electron chi connectivity index (χ0n) is 30.7.